The van der Waals surface area contributed by atoms with E-state index < -0.39 is 12.9 Å². The molecule has 9 nitrogen and oxygen atoms in total. The molecule has 2 fully saturated rings. The molecule has 10 aromatic carbocycles. The fraction of sp³-hybridized carbons (Fsp3) is 0.218. The van der Waals surface area contributed by atoms with Crippen LogP contribution in [0.4, 0.5) is 0 Å². The van der Waals surface area contributed by atoms with E-state index >= 15 is 0 Å². The first-order valence-electron chi connectivity index (χ1n) is 32.7. The van der Waals surface area contributed by atoms with Gasteiger partial charge in [-0.25, -0.2) is 0 Å². The van der Waals surface area contributed by atoms with Crippen LogP contribution in [0.3, 0.4) is 0 Å². The number of ether oxygens (including phenoxy) is 2. The summed E-state index contributed by atoms with van der Waals surface area (Å²) in [6.07, 6.45) is 2.22. The second-order valence-electron chi connectivity index (χ2n) is 25.7. The number of Topliss-reactive ketones (excluding diaryl/α,β-unsaturated/α-hetero) is 2. The molecule has 3 unspecified atom stereocenters. The molecule has 2 saturated carbocycles. The van der Waals surface area contributed by atoms with Crippen LogP contribution in [0.25, 0.3) is 40.3 Å². The average Bonchev–Trinajstić information content (AvgIpc) is 1.55. The van der Waals surface area contributed by atoms with E-state index in [1.54, 1.807) is 53.6 Å². The Kier molecular flexibility index (Phi) is 25.1. The second-order valence-corrected chi connectivity index (χ2v) is 30.7. The lowest BCUT2D eigenvalue weighted by Crippen LogP contribution is -2.39. The molecule has 3 atom stereocenters. The molecule has 0 aliphatic heterocycles. The summed E-state index contributed by atoms with van der Waals surface area (Å²) in [5.74, 6) is -0.317. The first-order chi connectivity index (χ1) is 46.9. The largest absolute Gasteiger partial charge is 0.343 e. The molecule has 2 bridgehead atoms. The minimum atomic E-state index is -3.07. The van der Waals surface area contributed by atoms with E-state index in [2.05, 4.69) is 53.3 Å². The number of carbonyl (C=O) groups is 4. The van der Waals surface area contributed by atoms with Gasteiger partial charge in [0.15, 0.2) is 29.6 Å². The van der Waals surface area contributed by atoms with Crippen molar-refractivity contribution in [2.24, 2.45) is 16.7 Å². The highest BCUT2D eigenvalue weighted by Crippen LogP contribution is 2.65. The monoisotopic (exact) mass is 1370 g/mol. The topological polar surface area (TPSA) is 138 Å². The maximum atomic E-state index is 13.0. The number of rotatable bonds is 11. The van der Waals surface area contributed by atoms with E-state index in [-0.39, 0.29) is 46.2 Å². The van der Waals surface area contributed by atoms with Gasteiger partial charge in [-0.05, 0) is 122 Å². The number of hydrogen-bond donors (Lipinski definition) is 0. The van der Waals surface area contributed by atoms with Gasteiger partial charge in [-0.1, -0.05) is 260 Å². The summed E-state index contributed by atoms with van der Waals surface area (Å²) in [6, 6.07) is 79.3. The predicted molar refractivity (Wildman–Crippen MR) is 415 cm³/mol. The molecule has 0 spiro atoms. The Hall–Kier alpha value is -9.45. The fourth-order valence-electron chi connectivity index (χ4n) is 12.9. The van der Waals surface area contributed by atoms with E-state index in [1.807, 2.05) is 239 Å². The number of ketones is 3. The Bertz CT molecular complexity index is 4900. The molecule has 0 radical (unpaired) electrons. The van der Waals surface area contributed by atoms with E-state index in [0.29, 0.717) is 39.6 Å². The van der Waals surface area contributed by atoms with E-state index in [1.165, 1.54) is 19.8 Å². The number of fused-ring (bicyclic) bond motifs is 6. The van der Waals surface area contributed by atoms with Gasteiger partial charge in [0.25, 0.3) is 5.79 Å². The Morgan fingerprint density at radius 1 is 0.525 bits per heavy atom. The minimum absolute atomic E-state index is 0. The molecule has 0 saturated heterocycles. The smallest absolute Gasteiger partial charge is 0.260 e. The molecule has 12 aromatic rings. The Morgan fingerprint density at radius 3 is 1.30 bits per heavy atom. The summed E-state index contributed by atoms with van der Waals surface area (Å²) in [6.45, 7) is 22.1. The molecule has 2 aromatic heterocycles. The van der Waals surface area contributed by atoms with Crippen LogP contribution >= 0.6 is 29.8 Å². The maximum absolute atomic E-state index is 13.0. The van der Waals surface area contributed by atoms with Gasteiger partial charge >= 0.3 is 0 Å². The Labute approximate surface area is 590 Å². The quantitative estimate of drug-likeness (QED) is 0.0407. The van der Waals surface area contributed by atoms with Crippen molar-refractivity contribution in [3.63, 3.8) is 0 Å². The van der Waals surface area contributed by atoms with Crippen LogP contribution in [0.2, 0.25) is 0 Å². The number of methoxy groups -OCH3 is 2. The van der Waals surface area contributed by atoms with Crippen molar-refractivity contribution < 1.29 is 33.2 Å². The van der Waals surface area contributed by atoms with Crippen molar-refractivity contribution in [1.82, 2.24) is 0 Å². The summed E-state index contributed by atoms with van der Waals surface area (Å²) in [4.78, 5) is 73.7. The number of hydrogen-bond acceptors (Lipinski definition) is 11. The Morgan fingerprint density at radius 2 is 0.909 bits per heavy atom. The predicted octanol–water partition coefficient (Wildman–Crippen LogP) is 21.2. The third-order valence-corrected chi connectivity index (χ3v) is 23.4. The minimum Gasteiger partial charge on any atom is -0.343 e. The summed E-state index contributed by atoms with van der Waals surface area (Å²) in [7, 11) is -0.127. The normalized spacial score (nSPS) is 15.4. The molecule has 0 N–H and O–H groups in total. The third-order valence-electron chi connectivity index (χ3n) is 18.9. The van der Waals surface area contributed by atoms with Gasteiger partial charge in [-0.15, -0.1) is 22.7 Å². The van der Waals surface area contributed by atoms with Crippen molar-refractivity contribution in [2.45, 2.75) is 87.4 Å². The van der Waals surface area contributed by atoms with Crippen LogP contribution in [0.15, 0.2) is 277 Å². The highest BCUT2D eigenvalue weighted by atomic mass is 32.1. The molecule has 2 heterocycles. The zero-order valence-electron chi connectivity index (χ0n) is 57.5. The molecule has 2 aliphatic carbocycles. The number of aryl methyl sites for hydroxylation is 3. The van der Waals surface area contributed by atoms with Crippen molar-refractivity contribution in [2.75, 3.05) is 20.9 Å². The number of carbonyl (C=O) groups excluding carboxylic acids is 4. The zero-order valence-corrected chi connectivity index (χ0v) is 60.0. The van der Waals surface area contributed by atoms with E-state index in [4.69, 9.17) is 9.47 Å². The van der Waals surface area contributed by atoms with Crippen molar-refractivity contribution in [1.29, 1.82) is 0 Å². The fourth-order valence-corrected chi connectivity index (χ4v) is 16.8. The molecule has 12 heteroatoms. The summed E-state index contributed by atoms with van der Waals surface area (Å²) in [5, 5.41) is 3.94. The van der Waals surface area contributed by atoms with E-state index in [9.17, 15) is 33.3 Å². The van der Waals surface area contributed by atoms with Crippen molar-refractivity contribution in [3.05, 3.63) is 337 Å². The summed E-state index contributed by atoms with van der Waals surface area (Å²) in [5.41, 5.74) is 8.40. The molecule has 2 aliphatic rings. The van der Waals surface area contributed by atoms with Crippen LogP contribution in [0.1, 0.15) is 125 Å². The van der Waals surface area contributed by atoms with Crippen molar-refractivity contribution in [3.8, 4) is 0 Å². The number of benzene rings is 10. The first kappa shape index (κ1) is 75.3. The maximum Gasteiger partial charge on any atom is 0.260 e. The lowest BCUT2D eigenvalue weighted by Gasteiger charge is -2.31. The highest BCUT2D eigenvalue weighted by molar-refractivity contribution is 7.86. The van der Waals surface area contributed by atoms with Crippen LogP contribution < -0.4 is 16.2 Å². The molecule has 0 amide bonds. The number of allylic oxidation sites excluding steroid dienone is 1. The Balaban J connectivity index is 0.000000152. The molecule has 506 valence electrons. The molecular weight excluding hydrogens is 1280 g/mol. The molecular formula is C87H87O9PS2. The van der Waals surface area contributed by atoms with Gasteiger partial charge in [0, 0.05) is 99.8 Å². The third kappa shape index (κ3) is 16.3. The zero-order chi connectivity index (χ0) is 70.5. The second kappa shape index (κ2) is 32.9. The first-order valence-corrected chi connectivity index (χ1v) is 36.4. The summed E-state index contributed by atoms with van der Waals surface area (Å²) < 4.78 is 28.0. The summed E-state index contributed by atoms with van der Waals surface area (Å²) >= 11 is 3.35. The van der Waals surface area contributed by atoms with Gasteiger partial charge in [0.1, 0.15) is 0 Å². The van der Waals surface area contributed by atoms with Crippen molar-refractivity contribution >= 4 is 98.3 Å². The highest BCUT2D eigenvalue weighted by Gasteiger charge is 2.63. The van der Waals surface area contributed by atoms with Gasteiger partial charge in [0.2, 0.25) is 11.3 Å². The van der Waals surface area contributed by atoms with Gasteiger partial charge in [-0.3, -0.25) is 28.8 Å². The van der Waals surface area contributed by atoms with E-state index in [0.717, 1.165) is 86.6 Å². The SMILES string of the molecule is C.C=C1C(=O)C2(C)CCC1C2(C)C.CC(C)c1ccc2sc3ccccc3c(=O)c2c1.COC(OC)(C(=O)c1ccccc1)c1ccccc1.Cc1cc(C)c(C(=O)P(C)(=O)c2ccccc2)c(C)c1.O=C(c1ccccc1)c1ccccc1.O=c1c2ccccc2sc2ccccc12. The molecule has 99 heavy (non-hydrogen) atoms. The van der Waals surface area contributed by atoms with Gasteiger partial charge < -0.3 is 14.0 Å². The molecule has 14 rings (SSSR count). The van der Waals surface area contributed by atoms with Gasteiger partial charge in [-0.2, -0.15) is 0 Å². The standard InChI is InChI=1S/C17H19O2P.C16H16O3.C16H14OS.C13H8OS.C13H10O.C11H16O.CH4/c1-12-10-13(2)16(14(3)11-12)17(18)20(4,19)15-8-6-5-7-9-15;1-18-16(19-2,14-11-7-4-8-12-14)15(17)13-9-5-3-6-10-13;1-10(2)11-7-8-15-13(9-11)16(17)12-5-3-4-6-14(12)18-15;14-13-9-5-1-3-7-11(9)15-12-8-4-2-6-10(12)13;14-13(11-7-3-1-4-8-11)12-9-5-2-6-10-12;1-7-8-5-6-11(4,9(7)12)10(8,2)3;/h5-11H,1-4H3;3-12H,1-2H3;3-10H,1-2H3;1-8H;1-10H;8H,1,5-6H2,2-4H3;1H4. The van der Waals surface area contributed by atoms with Crippen LogP contribution in [0, 0.1) is 37.5 Å². The van der Waals surface area contributed by atoms with Crippen LogP contribution in [0.5, 0.6) is 0 Å². The average molecular weight is 1370 g/mol. The lowest BCUT2D eigenvalue weighted by atomic mass is 9.70. The van der Waals surface area contributed by atoms with Crippen LogP contribution in [-0.4, -0.2) is 43.8 Å². The van der Waals surface area contributed by atoms with Gasteiger partial charge in [0.05, 0.1) is 0 Å². The lowest BCUT2D eigenvalue weighted by molar-refractivity contribution is -0.176. The van der Waals surface area contributed by atoms with Crippen LogP contribution in [-0.2, 0) is 24.6 Å².